The first kappa shape index (κ1) is 31.4. The number of sulfonamides is 1. The zero-order valence-electron chi connectivity index (χ0n) is 22.0. The van der Waals surface area contributed by atoms with Gasteiger partial charge in [-0.1, -0.05) is 62.2 Å². The van der Waals surface area contributed by atoms with Crippen LogP contribution < -0.4 is 9.62 Å². The fraction of sp³-hybridized carbons (Fsp3) is 0.462. The van der Waals surface area contributed by atoms with Crippen molar-refractivity contribution in [3.63, 3.8) is 0 Å². The van der Waals surface area contributed by atoms with E-state index in [4.69, 9.17) is 11.6 Å². The molecule has 0 heterocycles. The van der Waals surface area contributed by atoms with Crippen LogP contribution in [-0.2, 0) is 32.3 Å². The number of halogens is 4. The molecular formula is C26H33ClF3N3O4S. The fourth-order valence-electron chi connectivity index (χ4n) is 3.85. The van der Waals surface area contributed by atoms with Gasteiger partial charge in [0.25, 0.3) is 0 Å². The van der Waals surface area contributed by atoms with Crippen molar-refractivity contribution < 1.29 is 31.2 Å². The molecule has 0 saturated heterocycles. The average molecular weight is 576 g/mol. The number of hydrogen-bond donors (Lipinski definition) is 1. The van der Waals surface area contributed by atoms with Crippen LogP contribution >= 0.6 is 11.6 Å². The monoisotopic (exact) mass is 575 g/mol. The standard InChI is InChI=1S/C26H33ClF3N3O4S/c1-6-23(25(35)31-14-17(2)3)32(15-19-9-7-8-18(4)12-19)24(34)16-33(38(5,36)37)20-10-11-22(27)21(13-20)26(28,29)30/h7-13,17,23H,6,14-16H2,1-5H3,(H,31,35)/t23-/m1/s1. The van der Waals surface area contributed by atoms with Crippen molar-refractivity contribution in [2.45, 2.75) is 52.9 Å². The van der Waals surface area contributed by atoms with Crippen molar-refractivity contribution in [3.05, 3.63) is 64.2 Å². The zero-order chi connectivity index (χ0) is 28.8. The van der Waals surface area contributed by atoms with E-state index in [-0.39, 0.29) is 24.6 Å². The highest BCUT2D eigenvalue weighted by Crippen LogP contribution is 2.37. The first-order chi connectivity index (χ1) is 17.5. The Bertz CT molecular complexity index is 1250. The lowest BCUT2D eigenvalue weighted by Gasteiger charge is -2.33. The summed E-state index contributed by atoms with van der Waals surface area (Å²) in [4.78, 5) is 28.0. The molecule has 0 spiro atoms. The Balaban J connectivity index is 2.51. The Morgan fingerprint density at radius 3 is 2.29 bits per heavy atom. The molecule has 0 aliphatic heterocycles. The number of carbonyl (C=O) groups excluding carboxylic acids is 2. The number of carbonyl (C=O) groups is 2. The maximum absolute atomic E-state index is 13.6. The smallest absolute Gasteiger partial charge is 0.354 e. The number of nitrogens with zero attached hydrogens (tertiary/aromatic N) is 2. The quantitative estimate of drug-likeness (QED) is 0.408. The lowest BCUT2D eigenvalue weighted by atomic mass is 10.1. The summed E-state index contributed by atoms with van der Waals surface area (Å²) < 4.78 is 66.2. The van der Waals surface area contributed by atoms with Crippen molar-refractivity contribution in [2.24, 2.45) is 5.92 Å². The third-order valence-corrected chi connectivity index (χ3v) is 7.20. The Morgan fingerprint density at radius 1 is 1.11 bits per heavy atom. The summed E-state index contributed by atoms with van der Waals surface area (Å²) in [6, 6.07) is 8.96. The number of alkyl halides is 3. The molecule has 0 aromatic heterocycles. The van der Waals surface area contributed by atoms with E-state index in [1.807, 2.05) is 32.9 Å². The van der Waals surface area contributed by atoms with Crippen molar-refractivity contribution >= 4 is 39.1 Å². The summed E-state index contributed by atoms with van der Waals surface area (Å²) >= 11 is 5.70. The van der Waals surface area contributed by atoms with Crippen LogP contribution in [-0.4, -0.2) is 50.5 Å². The molecule has 38 heavy (non-hydrogen) atoms. The predicted octanol–water partition coefficient (Wildman–Crippen LogP) is 5.01. The molecule has 210 valence electrons. The van der Waals surface area contributed by atoms with E-state index in [1.54, 1.807) is 19.1 Å². The SMILES string of the molecule is CC[C@H](C(=O)NCC(C)C)N(Cc1cccc(C)c1)C(=O)CN(c1ccc(Cl)c(C(F)(F)F)c1)S(C)(=O)=O. The van der Waals surface area contributed by atoms with Crippen LogP contribution in [0.15, 0.2) is 42.5 Å². The van der Waals surface area contributed by atoms with Crippen LogP contribution in [0.4, 0.5) is 18.9 Å². The highest BCUT2D eigenvalue weighted by molar-refractivity contribution is 7.92. The van der Waals surface area contributed by atoms with Crippen molar-refractivity contribution in [3.8, 4) is 0 Å². The second kappa shape index (κ2) is 12.8. The van der Waals surface area contributed by atoms with Crippen LogP contribution in [0.1, 0.15) is 43.9 Å². The number of anilines is 1. The number of benzene rings is 2. The molecule has 1 atom stereocenters. The van der Waals surface area contributed by atoms with E-state index in [0.717, 1.165) is 24.0 Å². The van der Waals surface area contributed by atoms with Crippen LogP contribution in [0.2, 0.25) is 5.02 Å². The third kappa shape index (κ3) is 8.62. The van der Waals surface area contributed by atoms with Gasteiger partial charge in [0.15, 0.2) is 0 Å². The van der Waals surface area contributed by atoms with Crippen LogP contribution in [0.5, 0.6) is 0 Å². The van der Waals surface area contributed by atoms with Crippen molar-refractivity contribution in [1.29, 1.82) is 0 Å². The summed E-state index contributed by atoms with van der Waals surface area (Å²) in [5, 5.41) is 2.20. The topological polar surface area (TPSA) is 86.8 Å². The number of rotatable bonds is 11. The highest BCUT2D eigenvalue weighted by Gasteiger charge is 2.36. The van der Waals surface area contributed by atoms with Gasteiger partial charge in [-0.2, -0.15) is 13.2 Å². The van der Waals surface area contributed by atoms with Gasteiger partial charge in [-0.25, -0.2) is 8.42 Å². The second-order valence-corrected chi connectivity index (χ2v) is 11.8. The zero-order valence-corrected chi connectivity index (χ0v) is 23.5. The maximum atomic E-state index is 13.6. The highest BCUT2D eigenvalue weighted by atomic mass is 35.5. The van der Waals surface area contributed by atoms with Crippen molar-refractivity contribution in [1.82, 2.24) is 10.2 Å². The molecule has 1 N–H and O–H groups in total. The van der Waals surface area contributed by atoms with Gasteiger partial charge in [-0.15, -0.1) is 0 Å². The number of nitrogens with one attached hydrogen (secondary N) is 1. The molecule has 0 radical (unpaired) electrons. The van der Waals surface area contributed by atoms with Gasteiger partial charge in [0, 0.05) is 13.1 Å². The molecule has 7 nitrogen and oxygen atoms in total. The minimum atomic E-state index is -4.83. The van der Waals surface area contributed by atoms with Gasteiger partial charge in [0.2, 0.25) is 21.8 Å². The van der Waals surface area contributed by atoms with E-state index < -0.39 is 51.2 Å². The summed E-state index contributed by atoms with van der Waals surface area (Å²) in [5.41, 5.74) is 0.0373. The Morgan fingerprint density at radius 2 is 1.76 bits per heavy atom. The molecule has 12 heteroatoms. The predicted molar refractivity (Wildman–Crippen MR) is 142 cm³/mol. The van der Waals surface area contributed by atoms with E-state index in [2.05, 4.69) is 5.32 Å². The Kier molecular flexibility index (Phi) is 10.6. The minimum absolute atomic E-state index is 0.000138. The molecule has 0 aliphatic carbocycles. The van der Waals surface area contributed by atoms with E-state index in [0.29, 0.717) is 22.5 Å². The van der Waals surface area contributed by atoms with Gasteiger partial charge in [-0.05, 0) is 43.0 Å². The van der Waals surface area contributed by atoms with Gasteiger partial charge in [0.05, 0.1) is 22.5 Å². The first-order valence-electron chi connectivity index (χ1n) is 12.0. The molecule has 2 rings (SSSR count). The van der Waals surface area contributed by atoms with Crippen LogP contribution in [0.25, 0.3) is 0 Å². The average Bonchev–Trinajstić information content (AvgIpc) is 2.80. The fourth-order valence-corrected chi connectivity index (χ4v) is 4.91. The second-order valence-electron chi connectivity index (χ2n) is 9.51. The number of aryl methyl sites for hydroxylation is 1. The molecule has 0 fully saturated rings. The van der Waals surface area contributed by atoms with Crippen molar-refractivity contribution in [2.75, 3.05) is 23.7 Å². The lowest BCUT2D eigenvalue weighted by Crippen LogP contribution is -2.52. The molecule has 2 aromatic carbocycles. The number of amides is 2. The van der Waals surface area contributed by atoms with Gasteiger partial charge in [-0.3, -0.25) is 13.9 Å². The van der Waals surface area contributed by atoms with Gasteiger partial charge < -0.3 is 10.2 Å². The number of hydrogen-bond acceptors (Lipinski definition) is 4. The molecule has 0 saturated carbocycles. The van der Waals surface area contributed by atoms with Crippen LogP contribution in [0, 0.1) is 12.8 Å². The molecule has 2 aromatic rings. The molecule has 0 unspecified atom stereocenters. The van der Waals surface area contributed by atoms with Gasteiger partial charge >= 0.3 is 6.18 Å². The molecule has 0 bridgehead atoms. The maximum Gasteiger partial charge on any atom is 0.417 e. The van der Waals surface area contributed by atoms with E-state index in [1.165, 1.54) is 4.90 Å². The summed E-state index contributed by atoms with van der Waals surface area (Å²) in [6.45, 7) is 7.00. The lowest BCUT2D eigenvalue weighted by molar-refractivity contribution is -0.140. The summed E-state index contributed by atoms with van der Waals surface area (Å²) in [7, 11) is -4.20. The summed E-state index contributed by atoms with van der Waals surface area (Å²) in [6.07, 6.45) is -3.81. The normalized spacial score (nSPS) is 12.8. The largest absolute Gasteiger partial charge is 0.417 e. The third-order valence-electron chi connectivity index (χ3n) is 5.73. The van der Waals surface area contributed by atoms with Crippen LogP contribution in [0.3, 0.4) is 0 Å². The molecule has 0 aliphatic rings. The summed E-state index contributed by atoms with van der Waals surface area (Å²) in [5.74, 6) is -0.989. The van der Waals surface area contributed by atoms with E-state index >= 15 is 0 Å². The van der Waals surface area contributed by atoms with Gasteiger partial charge in [0.1, 0.15) is 12.6 Å². The minimum Gasteiger partial charge on any atom is -0.354 e. The van der Waals surface area contributed by atoms with E-state index in [9.17, 15) is 31.2 Å². The molecular weight excluding hydrogens is 543 g/mol. The first-order valence-corrected chi connectivity index (χ1v) is 14.2. The molecule has 2 amide bonds. The Hall–Kier alpha value is -2.79. The Labute approximate surface area is 227 Å².